The minimum atomic E-state index is -1.69. The van der Waals surface area contributed by atoms with Crippen LogP contribution in [0.5, 0.6) is 0 Å². The molecule has 0 fully saturated rings. The van der Waals surface area contributed by atoms with Crippen molar-refractivity contribution in [3.63, 3.8) is 0 Å². The molecule has 0 aliphatic rings. The number of unbranched alkanes of at least 4 members (excludes halogenated alkanes) is 2. The molecule has 0 atom stereocenters. The molecule has 0 aliphatic heterocycles. The molecule has 27 heavy (non-hydrogen) atoms. The van der Waals surface area contributed by atoms with Gasteiger partial charge in [0.25, 0.3) is 0 Å². The van der Waals surface area contributed by atoms with E-state index in [1.54, 1.807) is 0 Å². The molecule has 0 N–H and O–H groups in total. The van der Waals surface area contributed by atoms with E-state index in [9.17, 15) is 0 Å². The normalized spacial score (nSPS) is 11.3. The van der Waals surface area contributed by atoms with Gasteiger partial charge in [0.05, 0.1) is 6.16 Å². The Bertz CT molecular complexity index is 701. The maximum Gasteiger partial charge on any atom is 0.115 e. The molecule has 0 unspecified atom stereocenters. The average Bonchev–Trinajstić information content (AvgIpc) is 2.73. The predicted molar refractivity (Wildman–Crippen MR) is 119 cm³/mol. The lowest BCUT2D eigenvalue weighted by molar-refractivity contribution is -0.00000515. The van der Waals surface area contributed by atoms with Crippen molar-refractivity contribution in [3.8, 4) is 0 Å². The summed E-state index contributed by atoms with van der Waals surface area (Å²) in [7, 11) is -1.69. The van der Waals surface area contributed by atoms with Crippen molar-refractivity contribution in [2.45, 2.75) is 26.2 Å². The zero-order chi connectivity index (χ0) is 18.1. The van der Waals surface area contributed by atoms with Crippen LogP contribution in [0.2, 0.25) is 0 Å². The third-order valence-electron chi connectivity index (χ3n) is 4.86. The molecule has 140 valence electrons. The van der Waals surface area contributed by atoms with E-state index in [-0.39, 0.29) is 17.0 Å². The van der Waals surface area contributed by atoms with Crippen LogP contribution in [0, 0.1) is 0 Å². The summed E-state index contributed by atoms with van der Waals surface area (Å²) in [6, 6.07) is 33.3. The maximum atomic E-state index is 2.43. The highest BCUT2D eigenvalue weighted by Crippen LogP contribution is 2.55. The largest absolute Gasteiger partial charge is 1.00 e. The fraction of sp³-hybridized carbons (Fsp3) is 0.200. The number of allylic oxidation sites excluding steroid dienone is 2. The molecule has 0 aliphatic carbocycles. The van der Waals surface area contributed by atoms with Crippen molar-refractivity contribution < 1.29 is 17.0 Å². The van der Waals surface area contributed by atoms with Gasteiger partial charge in [0, 0.05) is 0 Å². The van der Waals surface area contributed by atoms with E-state index in [1.807, 2.05) is 0 Å². The van der Waals surface area contributed by atoms with Crippen LogP contribution in [0.4, 0.5) is 0 Å². The van der Waals surface area contributed by atoms with Gasteiger partial charge in [-0.2, -0.15) is 0 Å². The SMILES string of the molecule is CCCCC=CC[P+](c1ccccc1)(c1ccccc1)c1ccccc1.[Br-]. The molecule has 0 heterocycles. The van der Waals surface area contributed by atoms with Gasteiger partial charge in [-0.05, 0) is 42.8 Å². The molecule has 0 nitrogen and oxygen atoms in total. The van der Waals surface area contributed by atoms with Crippen molar-refractivity contribution in [2.24, 2.45) is 0 Å². The molecule has 0 amide bonds. The zero-order valence-corrected chi connectivity index (χ0v) is 18.4. The highest BCUT2D eigenvalue weighted by Gasteiger charge is 2.43. The quantitative estimate of drug-likeness (QED) is 0.288. The summed E-state index contributed by atoms with van der Waals surface area (Å²) in [5.74, 6) is 0. The van der Waals surface area contributed by atoms with Crippen LogP contribution in [0.15, 0.2) is 103 Å². The molecule has 3 aromatic rings. The molecule has 0 bridgehead atoms. The Morgan fingerprint density at radius 2 is 1.04 bits per heavy atom. The summed E-state index contributed by atoms with van der Waals surface area (Å²) in [6.45, 7) is 2.25. The molecule has 0 aromatic heterocycles. The van der Waals surface area contributed by atoms with Gasteiger partial charge in [0.1, 0.15) is 23.2 Å². The van der Waals surface area contributed by atoms with Crippen molar-refractivity contribution >= 4 is 23.2 Å². The Labute approximate surface area is 175 Å². The number of hydrogen-bond donors (Lipinski definition) is 0. The van der Waals surface area contributed by atoms with Gasteiger partial charge in [-0.3, -0.25) is 0 Å². The second-order valence-electron chi connectivity index (χ2n) is 6.61. The minimum absolute atomic E-state index is 0. The average molecular weight is 439 g/mol. The van der Waals surface area contributed by atoms with Gasteiger partial charge in [0.2, 0.25) is 0 Å². The monoisotopic (exact) mass is 438 g/mol. The van der Waals surface area contributed by atoms with E-state index in [0.29, 0.717) is 0 Å². The van der Waals surface area contributed by atoms with Crippen molar-refractivity contribution in [1.29, 1.82) is 0 Å². The Morgan fingerprint density at radius 3 is 1.41 bits per heavy atom. The Kier molecular flexibility index (Phi) is 8.98. The predicted octanol–water partition coefficient (Wildman–Crippen LogP) is 2.73. The summed E-state index contributed by atoms with van der Waals surface area (Å²) in [6.07, 6.45) is 9.58. The fourth-order valence-electron chi connectivity index (χ4n) is 3.48. The smallest absolute Gasteiger partial charge is 0.115 e. The van der Waals surface area contributed by atoms with E-state index in [2.05, 4.69) is 110 Å². The summed E-state index contributed by atoms with van der Waals surface area (Å²) in [5.41, 5.74) is 0. The fourth-order valence-corrected chi connectivity index (χ4v) is 7.52. The van der Waals surface area contributed by atoms with Crippen LogP contribution in [0.3, 0.4) is 0 Å². The second kappa shape index (κ2) is 11.2. The number of hydrogen-bond acceptors (Lipinski definition) is 0. The highest BCUT2D eigenvalue weighted by molar-refractivity contribution is 7.95. The van der Waals surface area contributed by atoms with E-state index < -0.39 is 7.26 Å². The number of rotatable bonds is 8. The maximum absolute atomic E-state index is 2.43. The van der Waals surface area contributed by atoms with Gasteiger partial charge in [-0.25, -0.2) is 0 Å². The molecule has 0 saturated carbocycles. The van der Waals surface area contributed by atoms with Crippen LogP contribution in [0.1, 0.15) is 26.2 Å². The van der Waals surface area contributed by atoms with Crippen molar-refractivity contribution in [2.75, 3.05) is 6.16 Å². The summed E-state index contributed by atoms with van der Waals surface area (Å²) in [4.78, 5) is 0. The van der Waals surface area contributed by atoms with Gasteiger partial charge in [-0.1, -0.05) is 86.5 Å². The molecule has 0 saturated heterocycles. The summed E-state index contributed by atoms with van der Waals surface area (Å²) >= 11 is 0. The first kappa shape index (κ1) is 21.6. The molecule has 2 heteroatoms. The van der Waals surface area contributed by atoms with Crippen LogP contribution >= 0.6 is 7.26 Å². The Morgan fingerprint density at radius 1 is 0.630 bits per heavy atom. The minimum Gasteiger partial charge on any atom is -1.00 e. The van der Waals surface area contributed by atoms with Gasteiger partial charge >= 0.3 is 0 Å². The van der Waals surface area contributed by atoms with Crippen molar-refractivity contribution in [1.82, 2.24) is 0 Å². The van der Waals surface area contributed by atoms with Gasteiger partial charge in [0.15, 0.2) is 0 Å². The second-order valence-corrected chi connectivity index (χ2v) is 10.1. The first-order chi connectivity index (χ1) is 12.9. The topological polar surface area (TPSA) is 0 Å². The van der Waals surface area contributed by atoms with E-state index in [4.69, 9.17) is 0 Å². The first-order valence-electron chi connectivity index (χ1n) is 9.58. The van der Waals surface area contributed by atoms with E-state index in [0.717, 1.165) is 6.16 Å². The number of halogens is 1. The van der Waals surface area contributed by atoms with Gasteiger partial charge in [-0.15, -0.1) is 0 Å². The first-order valence-corrected chi connectivity index (χ1v) is 11.6. The number of benzene rings is 3. The van der Waals surface area contributed by atoms with Crippen LogP contribution in [-0.2, 0) is 0 Å². The lowest BCUT2D eigenvalue weighted by atomic mass is 10.2. The van der Waals surface area contributed by atoms with E-state index >= 15 is 0 Å². The lowest BCUT2D eigenvalue weighted by Crippen LogP contribution is -3.00. The van der Waals surface area contributed by atoms with Crippen molar-refractivity contribution in [3.05, 3.63) is 103 Å². The molecule has 0 spiro atoms. The third kappa shape index (κ3) is 5.18. The third-order valence-corrected chi connectivity index (χ3v) is 9.16. The van der Waals surface area contributed by atoms with E-state index in [1.165, 1.54) is 35.2 Å². The summed E-state index contributed by atoms with van der Waals surface area (Å²) < 4.78 is 0. The van der Waals surface area contributed by atoms with Gasteiger partial charge < -0.3 is 17.0 Å². The molecule has 3 rings (SSSR count). The van der Waals surface area contributed by atoms with Crippen LogP contribution in [0.25, 0.3) is 0 Å². The highest BCUT2D eigenvalue weighted by atomic mass is 79.9. The standard InChI is InChI=1S/C25H28P.BrH/c1-2-3-4-5-15-22-26(23-16-9-6-10-17-23,24-18-11-7-12-19-24)25-20-13-8-14-21-25;/h5-21H,2-4,22H2,1H3;1H/q+1;/p-1. The lowest BCUT2D eigenvalue weighted by Gasteiger charge is -2.26. The Balaban J connectivity index is 0.00000261. The Hall–Kier alpha value is -1.69. The summed E-state index contributed by atoms with van der Waals surface area (Å²) in [5, 5.41) is 4.37. The zero-order valence-electron chi connectivity index (χ0n) is 16.0. The molecule has 0 radical (unpaired) electrons. The molecular formula is C25H28BrP. The molecular weight excluding hydrogens is 411 g/mol. The van der Waals surface area contributed by atoms with Crippen LogP contribution < -0.4 is 32.9 Å². The molecule has 3 aromatic carbocycles. The van der Waals surface area contributed by atoms with Crippen LogP contribution in [-0.4, -0.2) is 6.16 Å².